The first kappa shape index (κ1) is 27.9. The highest BCUT2D eigenvalue weighted by molar-refractivity contribution is 5.93. The number of carbonyl (C=O) groups excluding carboxylic acids is 1. The van der Waals surface area contributed by atoms with Gasteiger partial charge in [0.05, 0.1) is 5.69 Å². The van der Waals surface area contributed by atoms with E-state index in [1.54, 1.807) is 24.3 Å². The third-order valence-corrected chi connectivity index (χ3v) is 3.14. The first-order valence-corrected chi connectivity index (χ1v) is 8.58. The zero-order chi connectivity index (χ0) is 22.9. The maximum Gasteiger partial charge on any atom is 0.204 e. The molecule has 0 heterocycles. The van der Waals surface area contributed by atoms with Gasteiger partial charge in [0.15, 0.2) is 0 Å². The Morgan fingerprint density at radius 2 is 1.45 bits per heavy atom. The van der Waals surface area contributed by atoms with E-state index in [0.29, 0.717) is 11.4 Å². The van der Waals surface area contributed by atoms with E-state index >= 15 is 0 Å². The molecule has 8 nitrogen and oxygen atoms in total. The van der Waals surface area contributed by atoms with E-state index in [9.17, 15) is 5.11 Å². The van der Waals surface area contributed by atoms with Gasteiger partial charge in [-0.05, 0) is 31.2 Å². The molecule has 0 atom stereocenters. The summed E-state index contributed by atoms with van der Waals surface area (Å²) >= 11 is 0. The van der Waals surface area contributed by atoms with Crippen LogP contribution in [0.25, 0.3) is 0 Å². The Hall–Kier alpha value is -3.36. The van der Waals surface area contributed by atoms with Crippen LogP contribution in [-0.2, 0) is 4.79 Å². The fourth-order valence-corrected chi connectivity index (χ4v) is 1.62. The predicted octanol–water partition coefficient (Wildman–Crippen LogP) is 3.86. The number of anilines is 1. The lowest BCUT2D eigenvalue weighted by Gasteiger charge is -2.16. The molecule has 8 heteroatoms. The van der Waals surface area contributed by atoms with E-state index in [2.05, 4.69) is 29.8 Å². The first-order chi connectivity index (χ1) is 13.6. The van der Waals surface area contributed by atoms with Gasteiger partial charge in [-0.3, -0.25) is 15.3 Å². The number of benzene rings is 2. The molecule has 0 saturated carbocycles. The number of aliphatic imine (C=N–C) groups is 1. The summed E-state index contributed by atoms with van der Waals surface area (Å²) in [5, 5.41) is 21.8. The molecule has 0 aliphatic carbocycles. The minimum Gasteiger partial charge on any atom is -0.512 e. The maximum atomic E-state index is 9.76. The van der Waals surface area contributed by atoms with Crippen LogP contribution >= 0.6 is 0 Å². The average molecular weight is 405 g/mol. The quantitative estimate of drug-likeness (QED) is 0.0844. The van der Waals surface area contributed by atoms with Gasteiger partial charge in [-0.2, -0.15) is 0 Å². The summed E-state index contributed by atoms with van der Waals surface area (Å²) < 4.78 is 0. The Labute approximate surface area is 171 Å². The Balaban J connectivity index is 0. The fraction of sp³-hybridized carbons (Fsp3) is 0.238. The van der Waals surface area contributed by atoms with Gasteiger partial charge < -0.3 is 22.3 Å². The molecule has 1 amide bonds. The summed E-state index contributed by atoms with van der Waals surface area (Å²) in [6.07, 6.45) is 1.72. The highest BCUT2D eigenvalue weighted by atomic mass is 17.0. The monoisotopic (exact) mass is 404 g/mol. The van der Waals surface area contributed by atoms with E-state index in [1.165, 1.54) is 11.6 Å². The second-order valence-corrected chi connectivity index (χ2v) is 6.70. The fourth-order valence-electron chi connectivity index (χ4n) is 1.62. The summed E-state index contributed by atoms with van der Waals surface area (Å²) in [7, 11) is 0. The number of amidine groups is 1. The maximum absolute atomic E-state index is 9.76. The van der Waals surface area contributed by atoms with Crippen molar-refractivity contribution in [1.82, 2.24) is 0 Å². The molecule has 160 valence electrons. The van der Waals surface area contributed by atoms with Crippen molar-refractivity contribution >= 4 is 23.6 Å². The standard InChI is InChI=1S/C13H19N3O.C7H8.CH3NO.H2O2/c1-13(2,3)11(17)8-12(15)16-10-6-4-9(14)5-7-10;1-7-5-3-2-4-6-7;2-1-3;1-2/h4-8,17H,14H2,1-3H3,(H2,15,16);2-6H,1H3;1H,(H2,2,3);1-2H/b11-8-;;;. The van der Waals surface area contributed by atoms with Crippen molar-refractivity contribution in [2.45, 2.75) is 27.7 Å². The van der Waals surface area contributed by atoms with Crippen molar-refractivity contribution in [3.8, 4) is 0 Å². The lowest BCUT2D eigenvalue weighted by molar-refractivity contribution is -0.176. The highest BCUT2D eigenvalue weighted by Crippen LogP contribution is 2.22. The third-order valence-electron chi connectivity index (χ3n) is 3.14. The number of rotatable bonds is 2. The number of aryl methyl sites for hydroxylation is 1. The molecule has 2 rings (SSSR count). The number of amides is 1. The molecule has 0 bridgehead atoms. The summed E-state index contributed by atoms with van der Waals surface area (Å²) in [4.78, 5) is 12.7. The van der Waals surface area contributed by atoms with Crippen molar-refractivity contribution in [2.24, 2.45) is 21.9 Å². The number of aliphatic hydroxyl groups is 1. The Morgan fingerprint density at radius 3 is 1.79 bits per heavy atom. The zero-order valence-corrected chi connectivity index (χ0v) is 17.3. The number of carbonyl (C=O) groups is 1. The SMILES string of the molecule is CC(C)(C)/C(O)=C/C(N)=Nc1ccc(N)cc1.Cc1ccccc1.NC=O.OO. The van der Waals surface area contributed by atoms with Gasteiger partial charge in [0.2, 0.25) is 6.41 Å². The van der Waals surface area contributed by atoms with Crippen molar-refractivity contribution in [3.63, 3.8) is 0 Å². The molecular formula is C21H32N4O4. The van der Waals surface area contributed by atoms with Crippen molar-refractivity contribution in [2.75, 3.05) is 5.73 Å². The summed E-state index contributed by atoms with van der Waals surface area (Å²) in [5.41, 5.74) is 17.8. The molecule has 0 spiro atoms. The number of nitrogens with two attached hydrogens (primary N) is 3. The summed E-state index contributed by atoms with van der Waals surface area (Å²) in [6, 6.07) is 17.3. The lowest BCUT2D eigenvalue weighted by Crippen LogP contribution is -2.15. The average Bonchev–Trinajstić information content (AvgIpc) is 2.66. The number of nitrogens with zero attached hydrogens (tertiary/aromatic N) is 1. The van der Waals surface area contributed by atoms with Gasteiger partial charge in [-0.1, -0.05) is 56.7 Å². The molecule has 0 saturated heterocycles. The molecule has 0 fully saturated rings. The van der Waals surface area contributed by atoms with Crippen LogP contribution in [0.2, 0.25) is 0 Å². The van der Waals surface area contributed by atoms with Crippen LogP contribution in [0.15, 0.2) is 71.4 Å². The second-order valence-electron chi connectivity index (χ2n) is 6.70. The molecule has 9 N–H and O–H groups in total. The lowest BCUT2D eigenvalue weighted by atomic mass is 9.93. The van der Waals surface area contributed by atoms with Crippen LogP contribution in [0.5, 0.6) is 0 Å². The van der Waals surface area contributed by atoms with Crippen molar-refractivity contribution in [3.05, 3.63) is 72.0 Å². The molecule has 29 heavy (non-hydrogen) atoms. The zero-order valence-electron chi connectivity index (χ0n) is 17.3. The largest absolute Gasteiger partial charge is 0.512 e. The van der Waals surface area contributed by atoms with Gasteiger partial charge in [-0.15, -0.1) is 0 Å². The molecule has 2 aromatic carbocycles. The van der Waals surface area contributed by atoms with Gasteiger partial charge >= 0.3 is 0 Å². The first-order valence-electron chi connectivity index (χ1n) is 8.58. The van der Waals surface area contributed by atoms with Gasteiger partial charge in [0.25, 0.3) is 0 Å². The number of hydrogen-bond donors (Lipinski definition) is 6. The van der Waals surface area contributed by atoms with E-state index in [0.717, 1.165) is 0 Å². The highest BCUT2D eigenvalue weighted by Gasteiger charge is 2.15. The van der Waals surface area contributed by atoms with Crippen LogP contribution < -0.4 is 17.2 Å². The Bertz CT molecular complexity index is 738. The van der Waals surface area contributed by atoms with Crippen LogP contribution in [0.1, 0.15) is 26.3 Å². The number of aliphatic hydroxyl groups excluding tert-OH is 1. The van der Waals surface area contributed by atoms with E-state index in [4.69, 9.17) is 26.8 Å². The Morgan fingerprint density at radius 1 is 1.00 bits per heavy atom. The number of nitrogen functional groups attached to an aromatic ring is 1. The topological polar surface area (TPSA) is 168 Å². The van der Waals surface area contributed by atoms with Crippen molar-refractivity contribution in [1.29, 1.82) is 0 Å². The van der Waals surface area contributed by atoms with Gasteiger partial charge in [0.1, 0.15) is 11.6 Å². The smallest absolute Gasteiger partial charge is 0.204 e. The minimum atomic E-state index is -0.332. The normalized spacial score (nSPS) is 10.8. The van der Waals surface area contributed by atoms with E-state index in [-0.39, 0.29) is 23.4 Å². The van der Waals surface area contributed by atoms with Crippen LogP contribution in [0.3, 0.4) is 0 Å². The van der Waals surface area contributed by atoms with Crippen LogP contribution in [0, 0.1) is 12.3 Å². The molecule has 0 aromatic heterocycles. The third kappa shape index (κ3) is 15.4. The number of primary amides is 1. The number of allylic oxidation sites excluding steroid dienone is 1. The molecule has 0 aliphatic rings. The second kappa shape index (κ2) is 15.7. The number of hydrogen-bond acceptors (Lipinski definition) is 6. The van der Waals surface area contributed by atoms with Crippen LogP contribution in [0.4, 0.5) is 11.4 Å². The summed E-state index contributed by atoms with van der Waals surface area (Å²) in [6.45, 7) is 7.78. The summed E-state index contributed by atoms with van der Waals surface area (Å²) in [5.74, 6) is 0.469. The molecule has 0 unspecified atom stereocenters. The molecule has 2 aromatic rings. The minimum absolute atomic E-state index is 0.203. The predicted molar refractivity (Wildman–Crippen MR) is 119 cm³/mol. The van der Waals surface area contributed by atoms with Crippen molar-refractivity contribution < 1.29 is 20.4 Å². The molecule has 0 radical (unpaired) electrons. The van der Waals surface area contributed by atoms with E-state index < -0.39 is 0 Å². The molecule has 0 aliphatic heterocycles. The Kier molecular flexibility index (Phi) is 15.1. The molecular weight excluding hydrogens is 372 g/mol. The van der Waals surface area contributed by atoms with E-state index in [1.807, 2.05) is 39.0 Å². The van der Waals surface area contributed by atoms with Gasteiger partial charge in [-0.25, -0.2) is 4.99 Å². The van der Waals surface area contributed by atoms with Crippen LogP contribution in [-0.4, -0.2) is 27.9 Å². The van der Waals surface area contributed by atoms with Gasteiger partial charge in [0, 0.05) is 17.2 Å².